The van der Waals surface area contributed by atoms with Gasteiger partial charge in [-0.15, -0.1) is 0 Å². The molecule has 3 rings (SSSR count). The van der Waals surface area contributed by atoms with Gasteiger partial charge in [0.1, 0.15) is 12.2 Å². The lowest BCUT2D eigenvalue weighted by molar-refractivity contribution is -0.154. The number of rotatable bonds is 7. The second-order valence-corrected chi connectivity index (χ2v) is 8.62. The zero-order chi connectivity index (χ0) is 24.0. The highest BCUT2D eigenvalue weighted by molar-refractivity contribution is 5.83. The van der Waals surface area contributed by atoms with Crippen molar-refractivity contribution in [2.45, 2.75) is 44.8 Å². The number of esters is 1. The van der Waals surface area contributed by atoms with Gasteiger partial charge in [0, 0.05) is 12.1 Å². The first-order valence-corrected chi connectivity index (χ1v) is 10.6. The fourth-order valence-electron chi connectivity index (χ4n) is 3.69. The van der Waals surface area contributed by atoms with E-state index in [2.05, 4.69) is 10.4 Å². The van der Waals surface area contributed by atoms with E-state index in [9.17, 15) is 14.4 Å². The summed E-state index contributed by atoms with van der Waals surface area (Å²) in [5, 5.41) is 6.22. The molecule has 1 aliphatic rings. The Hall–Kier alpha value is -3.88. The maximum absolute atomic E-state index is 12.5. The van der Waals surface area contributed by atoms with Gasteiger partial charge >= 0.3 is 18.1 Å². The van der Waals surface area contributed by atoms with Crippen LogP contribution >= 0.6 is 0 Å². The monoisotopic (exact) mass is 452 g/mol. The second kappa shape index (κ2) is 10.2. The smallest absolute Gasteiger partial charge is 0.407 e. The molecule has 0 spiro atoms. The van der Waals surface area contributed by atoms with Crippen molar-refractivity contribution in [3.05, 3.63) is 59.7 Å². The van der Waals surface area contributed by atoms with Gasteiger partial charge in [-0.1, -0.05) is 48.5 Å². The summed E-state index contributed by atoms with van der Waals surface area (Å²) in [7, 11) is 0. The number of amides is 3. The van der Waals surface area contributed by atoms with Gasteiger partial charge in [-0.05, 0) is 43.0 Å². The molecule has 0 unspecified atom stereocenters. The number of hydrogen-bond donors (Lipinski definition) is 3. The SMILES string of the molecule is CC(C)(C)OC(=O)C[C@@H](/C=N/NC(N)=O)NC(=O)OCC1c2ccccc2-c2ccccc21. The Balaban J connectivity index is 1.65. The third kappa shape index (κ3) is 6.55. The molecule has 2 aromatic carbocycles. The molecular formula is C24H28N4O5. The molecule has 2 aromatic rings. The molecule has 0 saturated heterocycles. The number of nitrogens with zero attached hydrogens (tertiary/aromatic N) is 1. The number of nitrogens with two attached hydrogens (primary N) is 1. The first-order valence-electron chi connectivity index (χ1n) is 10.6. The highest BCUT2D eigenvalue weighted by Crippen LogP contribution is 2.44. The maximum atomic E-state index is 12.5. The molecule has 0 saturated carbocycles. The molecule has 1 aliphatic carbocycles. The summed E-state index contributed by atoms with van der Waals surface area (Å²) in [6.45, 7) is 5.33. The fraction of sp³-hybridized carbons (Fsp3) is 0.333. The van der Waals surface area contributed by atoms with Crippen molar-refractivity contribution in [1.29, 1.82) is 0 Å². The van der Waals surface area contributed by atoms with Gasteiger partial charge in [0.15, 0.2) is 0 Å². The Kier molecular flexibility index (Phi) is 7.32. The third-order valence-electron chi connectivity index (χ3n) is 4.88. The first kappa shape index (κ1) is 23.8. The summed E-state index contributed by atoms with van der Waals surface area (Å²) in [5.74, 6) is -0.644. The van der Waals surface area contributed by atoms with E-state index in [1.54, 1.807) is 20.8 Å². The summed E-state index contributed by atoms with van der Waals surface area (Å²) < 4.78 is 10.8. The second-order valence-electron chi connectivity index (χ2n) is 8.62. The lowest BCUT2D eigenvalue weighted by Crippen LogP contribution is -2.40. The van der Waals surface area contributed by atoms with Crippen molar-refractivity contribution in [2.24, 2.45) is 10.8 Å². The van der Waals surface area contributed by atoms with Crippen LogP contribution in [0, 0.1) is 0 Å². The molecule has 9 nitrogen and oxygen atoms in total. The number of hydrogen-bond acceptors (Lipinski definition) is 6. The van der Waals surface area contributed by atoms with E-state index in [0.29, 0.717) is 0 Å². The summed E-state index contributed by atoms with van der Waals surface area (Å²) in [6, 6.07) is 14.3. The Morgan fingerprint density at radius 3 is 2.18 bits per heavy atom. The van der Waals surface area contributed by atoms with Gasteiger partial charge in [0.2, 0.25) is 0 Å². The van der Waals surface area contributed by atoms with E-state index in [4.69, 9.17) is 15.2 Å². The van der Waals surface area contributed by atoms with Crippen LogP contribution in [0.4, 0.5) is 9.59 Å². The lowest BCUT2D eigenvalue weighted by atomic mass is 9.98. The molecule has 3 amide bonds. The predicted octanol–water partition coefficient (Wildman–Crippen LogP) is 3.28. The van der Waals surface area contributed by atoms with Crippen molar-refractivity contribution in [1.82, 2.24) is 10.7 Å². The largest absolute Gasteiger partial charge is 0.460 e. The number of benzene rings is 2. The van der Waals surface area contributed by atoms with Crippen LogP contribution in [0.3, 0.4) is 0 Å². The number of ether oxygens (including phenoxy) is 2. The molecule has 0 fully saturated rings. The molecule has 4 N–H and O–H groups in total. The van der Waals surface area contributed by atoms with Gasteiger partial charge in [-0.25, -0.2) is 15.0 Å². The molecule has 0 radical (unpaired) electrons. The summed E-state index contributed by atoms with van der Waals surface area (Å²) >= 11 is 0. The molecular weight excluding hydrogens is 424 g/mol. The van der Waals surface area contributed by atoms with Crippen molar-refractivity contribution < 1.29 is 23.9 Å². The van der Waals surface area contributed by atoms with E-state index in [0.717, 1.165) is 22.3 Å². The molecule has 0 aliphatic heterocycles. The average Bonchev–Trinajstić information content (AvgIpc) is 3.04. The third-order valence-corrected chi connectivity index (χ3v) is 4.88. The predicted molar refractivity (Wildman–Crippen MR) is 124 cm³/mol. The number of nitrogens with one attached hydrogen (secondary N) is 2. The van der Waals surface area contributed by atoms with Gasteiger partial charge in [0.05, 0.1) is 12.5 Å². The molecule has 174 valence electrons. The highest BCUT2D eigenvalue weighted by atomic mass is 16.6. The van der Waals surface area contributed by atoms with Crippen LogP contribution < -0.4 is 16.5 Å². The zero-order valence-electron chi connectivity index (χ0n) is 18.8. The van der Waals surface area contributed by atoms with Crippen LogP contribution in [0.15, 0.2) is 53.6 Å². The molecule has 9 heteroatoms. The number of fused-ring (bicyclic) bond motifs is 3. The number of primary amides is 1. The molecule has 0 heterocycles. The van der Waals surface area contributed by atoms with Crippen LogP contribution in [0.5, 0.6) is 0 Å². The van der Waals surface area contributed by atoms with Gasteiger partial charge in [0.25, 0.3) is 0 Å². The number of urea groups is 1. The summed E-state index contributed by atoms with van der Waals surface area (Å²) in [5.41, 5.74) is 10.8. The minimum absolute atomic E-state index is 0.0994. The number of alkyl carbamates (subject to hydrolysis) is 1. The molecule has 33 heavy (non-hydrogen) atoms. The van der Waals surface area contributed by atoms with Crippen molar-refractivity contribution >= 4 is 24.3 Å². The molecule has 1 atom stereocenters. The summed E-state index contributed by atoms with van der Waals surface area (Å²) in [4.78, 5) is 35.6. The van der Waals surface area contributed by atoms with Gasteiger partial charge in [-0.2, -0.15) is 5.10 Å². The first-order chi connectivity index (χ1) is 15.6. The number of carbonyl (C=O) groups is 3. The Bertz CT molecular complexity index is 1020. The van der Waals surface area contributed by atoms with E-state index in [-0.39, 0.29) is 18.9 Å². The zero-order valence-corrected chi connectivity index (χ0v) is 18.8. The van der Waals surface area contributed by atoms with Crippen LogP contribution in [0.2, 0.25) is 0 Å². The standard InChI is InChI=1S/C24H28N4O5/c1-24(2,3)33-21(29)12-15(13-26-28-22(25)30)27-23(31)32-14-20-18-10-6-4-8-16(18)17-9-5-7-11-19(17)20/h4-11,13,15,20H,12,14H2,1-3H3,(H,27,31)(H3,25,28,30)/b26-13+/t15-/m0/s1. The van der Waals surface area contributed by atoms with E-state index in [1.165, 1.54) is 6.21 Å². The maximum Gasteiger partial charge on any atom is 0.407 e. The van der Waals surface area contributed by atoms with Gasteiger partial charge < -0.3 is 20.5 Å². The van der Waals surface area contributed by atoms with Crippen molar-refractivity contribution in [3.8, 4) is 11.1 Å². The van der Waals surface area contributed by atoms with Crippen LogP contribution in [-0.2, 0) is 14.3 Å². The Labute approximate surface area is 192 Å². The Morgan fingerprint density at radius 1 is 1.06 bits per heavy atom. The lowest BCUT2D eigenvalue weighted by Gasteiger charge is -2.21. The van der Waals surface area contributed by atoms with E-state index >= 15 is 0 Å². The molecule has 0 aromatic heterocycles. The average molecular weight is 453 g/mol. The van der Waals surface area contributed by atoms with E-state index in [1.807, 2.05) is 54.0 Å². The number of hydrazone groups is 1. The minimum Gasteiger partial charge on any atom is -0.460 e. The number of carbonyl (C=O) groups excluding carboxylic acids is 3. The van der Waals surface area contributed by atoms with Gasteiger partial charge in [-0.3, -0.25) is 4.79 Å². The minimum atomic E-state index is -0.873. The van der Waals surface area contributed by atoms with Crippen LogP contribution in [0.1, 0.15) is 44.2 Å². The van der Waals surface area contributed by atoms with Crippen molar-refractivity contribution in [2.75, 3.05) is 6.61 Å². The van der Waals surface area contributed by atoms with Crippen molar-refractivity contribution in [3.63, 3.8) is 0 Å². The van der Waals surface area contributed by atoms with Crippen LogP contribution in [0.25, 0.3) is 11.1 Å². The summed E-state index contributed by atoms with van der Waals surface area (Å²) in [6.07, 6.45) is 0.262. The highest BCUT2D eigenvalue weighted by Gasteiger charge is 2.29. The quantitative estimate of drug-likeness (QED) is 0.337. The van der Waals surface area contributed by atoms with E-state index < -0.39 is 29.7 Å². The Morgan fingerprint density at radius 2 is 1.64 bits per heavy atom. The molecule has 0 bridgehead atoms. The van der Waals surface area contributed by atoms with Crippen LogP contribution in [-0.4, -0.2) is 42.6 Å². The fourth-order valence-corrected chi connectivity index (χ4v) is 3.69. The topological polar surface area (TPSA) is 132 Å². The normalized spacial score (nSPS) is 13.7.